The van der Waals surface area contributed by atoms with E-state index < -0.39 is 0 Å². The minimum Gasteiger partial charge on any atom is -0.399 e. The van der Waals surface area contributed by atoms with E-state index in [1.165, 1.54) is 5.52 Å². The predicted molar refractivity (Wildman–Crippen MR) is 126 cm³/mol. The van der Waals surface area contributed by atoms with Crippen LogP contribution in [0.1, 0.15) is 0 Å². The highest BCUT2D eigenvalue weighted by atomic mass is 16.5. The molecule has 1 aliphatic rings. The van der Waals surface area contributed by atoms with Crippen molar-refractivity contribution >= 4 is 33.3 Å². The molecule has 0 saturated carbocycles. The third-order valence-corrected chi connectivity index (χ3v) is 5.86. The van der Waals surface area contributed by atoms with Crippen LogP contribution in [0.3, 0.4) is 0 Å². The number of aromatic nitrogens is 3. The van der Waals surface area contributed by atoms with Crippen LogP contribution in [0.5, 0.6) is 0 Å². The SMILES string of the molecule is CN(C)CCn1ccc2c3nc(-c4ccc(N)cc4)nc(N4CCOCC4)c3ccc21. The van der Waals surface area contributed by atoms with Crippen molar-refractivity contribution in [1.29, 1.82) is 0 Å². The Labute approximate surface area is 182 Å². The normalized spacial score (nSPS) is 14.7. The second-order valence-corrected chi connectivity index (χ2v) is 8.30. The first-order chi connectivity index (χ1) is 15.1. The molecule has 7 heteroatoms. The molecule has 0 spiro atoms. The molecule has 3 heterocycles. The summed E-state index contributed by atoms with van der Waals surface area (Å²) in [6.07, 6.45) is 2.16. The zero-order valence-corrected chi connectivity index (χ0v) is 18.1. The Morgan fingerprint density at radius 2 is 1.74 bits per heavy atom. The van der Waals surface area contributed by atoms with Crippen LogP contribution >= 0.6 is 0 Å². The molecule has 1 saturated heterocycles. The van der Waals surface area contributed by atoms with Gasteiger partial charge in [0.05, 0.1) is 24.2 Å². The number of hydrogen-bond donors (Lipinski definition) is 1. The average molecular weight is 417 g/mol. The van der Waals surface area contributed by atoms with Gasteiger partial charge in [0.1, 0.15) is 5.82 Å². The summed E-state index contributed by atoms with van der Waals surface area (Å²) in [6.45, 7) is 5.01. The van der Waals surface area contributed by atoms with Gasteiger partial charge < -0.3 is 24.8 Å². The van der Waals surface area contributed by atoms with E-state index in [4.69, 9.17) is 20.4 Å². The molecule has 2 N–H and O–H groups in total. The number of fused-ring (bicyclic) bond motifs is 3. The zero-order chi connectivity index (χ0) is 21.4. The van der Waals surface area contributed by atoms with Gasteiger partial charge in [0.2, 0.25) is 0 Å². The van der Waals surface area contributed by atoms with Crippen molar-refractivity contribution in [3.8, 4) is 11.4 Å². The molecule has 4 aromatic rings. The van der Waals surface area contributed by atoms with Crippen molar-refractivity contribution in [1.82, 2.24) is 19.4 Å². The van der Waals surface area contributed by atoms with Gasteiger partial charge in [-0.15, -0.1) is 0 Å². The minimum atomic E-state index is 0.714. The van der Waals surface area contributed by atoms with Gasteiger partial charge in [0, 0.05) is 54.4 Å². The van der Waals surface area contributed by atoms with Crippen molar-refractivity contribution in [2.45, 2.75) is 6.54 Å². The summed E-state index contributed by atoms with van der Waals surface area (Å²) in [7, 11) is 4.20. The highest BCUT2D eigenvalue weighted by Gasteiger charge is 2.20. The van der Waals surface area contributed by atoms with E-state index in [0.717, 1.165) is 65.4 Å². The van der Waals surface area contributed by atoms with E-state index in [9.17, 15) is 0 Å². The van der Waals surface area contributed by atoms with Gasteiger partial charge in [-0.25, -0.2) is 9.97 Å². The van der Waals surface area contributed by atoms with E-state index in [2.05, 4.69) is 52.9 Å². The first-order valence-corrected chi connectivity index (χ1v) is 10.7. The quantitative estimate of drug-likeness (QED) is 0.504. The van der Waals surface area contributed by atoms with Crippen LogP contribution in [-0.4, -0.2) is 66.4 Å². The summed E-state index contributed by atoms with van der Waals surface area (Å²) in [6, 6.07) is 14.3. The lowest BCUT2D eigenvalue weighted by molar-refractivity contribution is 0.122. The zero-order valence-electron chi connectivity index (χ0n) is 18.1. The lowest BCUT2D eigenvalue weighted by Crippen LogP contribution is -2.37. The van der Waals surface area contributed by atoms with E-state index in [0.29, 0.717) is 13.2 Å². The molecular weight excluding hydrogens is 388 g/mol. The molecule has 0 unspecified atom stereocenters. The number of nitrogens with two attached hydrogens (primary N) is 1. The molecule has 2 aromatic carbocycles. The summed E-state index contributed by atoms with van der Waals surface area (Å²) in [5, 5.41) is 2.24. The van der Waals surface area contributed by atoms with Gasteiger partial charge in [-0.1, -0.05) is 0 Å². The molecule has 0 amide bonds. The smallest absolute Gasteiger partial charge is 0.162 e. The number of anilines is 2. The maximum Gasteiger partial charge on any atom is 0.162 e. The third-order valence-electron chi connectivity index (χ3n) is 5.86. The van der Waals surface area contributed by atoms with Gasteiger partial charge in [-0.2, -0.15) is 0 Å². The molecule has 5 rings (SSSR count). The molecule has 2 aromatic heterocycles. The van der Waals surface area contributed by atoms with Crippen LogP contribution in [0, 0.1) is 0 Å². The number of nitrogen functional groups attached to an aromatic ring is 1. The largest absolute Gasteiger partial charge is 0.399 e. The molecule has 7 nitrogen and oxygen atoms in total. The first kappa shape index (κ1) is 19.8. The van der Waals surface area contributed by atoms with Crippen LogP contribution in [0.2, 0.25) is 0 Å². The second kappa shape index (κ2) is 8.17. The Morgan fingerprint density at radius 1 is 0.968 bits per heavy atom. The second-order valence-electron chi connectivity index (χ2n) is 8.30. The van der Waals surface area contributed by atoms with Gasteiger partial charge >= 0.3 is 0 Å². The summed E-state index contributed by atoms with van der Waals surface area (Å²) in [4.78, 5) is 14.5. The molecule has 1 fully saturated rings. The highest BCUT2D eigenvalue weighted by molar-refractivity contribution is 6.08. The van der Waals surface area contributed by atoms with Crippen LogP contribution in [-0.2, 0) is 11.3 Å². The Morgan fingerprint density at radius 3 is 2.48 bits per heavy atom. The van der Waals surface area contributed by atoms with Crippen molar-refractivity contribution < 1.29 is 4.74 Å². The number of morpholine rings is 1. The first-order valence-electron chi connectivity index (χ1n) is 10.7. The fourth-order valence-corrected chi connectivity index (χ4v) is 4.13. The molecule has 0 aliphatic carbocycles. The maximum atomic E-state index is 5.90. The van der Waals surface area contributed by atoms with Crippen molar-refractivity contribution in [2.24, 2.45) is 0 Å². The number of hydrogen-bond acceptors (Lipinski definition) is 6. The molecule has 0 bridgehead atoms. The molecule has 1 aliphatic heterocycles. The lowest BCUT2D eigenvalue weighted by Gasteiger charge is -2.29. The van der Waals surface area contributed by atoms with Crippen molar-refractivity contribution in [3.05, 3.63) is 48.7 Å². The Kier molecular flexibility index (Phi) is 5.21. The number of benzene rings is 2. The molecular formula is C24H28N6O. The monoisotopic (exact) mass is 416 g/mol. The number of ether oxygens (including phenoxy) is 1. The molecule has 0 atom stereocenters. The van der Waals surface area contributed by atoms with Crippen LogP contribution in [0.25, 0.3) is 33.2 Å². The average Bonchev–Trinajstić information content (AvgIpc) is 3.21. The minimum absolute atomic E-state index is 0.714. The molecule has 31 heavy (non-hydrogen) atoms. The van der Waals surface area contributed by atoms with E-state index in [-0.39, 0.29) is 0 Å². The maximum absolute atomic E-state index is 5.90. The van der Waals surface area contributed by atoms with Crippen LogP contribution in [0.15, 0.2) is 48.7 Å². The highest BCUT2D eigenvalue weighted by Crippen LogP contribution is 2.33. The van der Waals surface area contributed by atoms with Gasteiger partial charge in [-0.05, 0) is 56.6 Å². The van der Waals surface area contributed by atoms with Crippen molar-refractivity contribution in [2.75, 3.05) is 57.6 Å². The number of nitrogens with zero attached hydrogens (tertiary/aromatic N) is 5. The molecule has 0 radical (unpaired) electrons. The van der Waals surface area contributed by atoms with E-state index >= 15 is 0 Å². The third kappa shape index (κ3) is 3.82. The lowest BCUT2D eigenvalue weighted by atomic mass is 10.1. The Hall–Kier alpha value is -3.16. The number of likely N-dealkylation sites (N-methyl/N-ethyl adjacent to an activating group) is 1. The molecule has 160 valence electrons. The summed E-state index contributed by atoms with van der Waals surface area (Å²) >= 11 is 0. The fourth-order valence-electron chi connectivity index (χ4n) is 4.13. The number of rotatable bonds is 5. The Balaban J connectivity index is 1.70. The standard InChI is InChI=1S/C24H28N6O/c1-28(2)11-12-29-10-9-19-21(29)8-7-20-22(19)26-23(17-3-5-18(25)6-4-17)27-24(20)30-13-15-31-16-14-30/h3-10H,11-16,25H2,1-2H3. The van der Waals surface area contributed by atoms with E-state index in [1.807, 2.05) is 24.3 Å². The predicted octanol–water partition coefficient (Wildman–Crippen LogP) is 3.23. The van der Waals surface area contributed by atoms with Gasteiger partial charge in [0.15, 0.2) is 5.82 Å². The van der Waals surface area contributed by atoms with Gasteiger partial charge in [-0.3, -0.25) is 0 Å². The van der Waals surface area contributed by atoms with E-state index in [1.54, 1.807) is 0 Å². The van der Waals surface area contributed by atoms with Gasteiger partial charge in [0.25, 0.3) is 0 Å². The summed E-state index contributed by atoms with van der Waals surface area (Å²) < 4.78 is 7.87. The summed E-state index contributed by atoms with van der Waals surface area (Å²) in [5.41, 5.74) is 9.79. The van der Waals surface area contributed by atoms with Crippen molar-refractivity contribution in [3.63, 3.8) is 0 Å². The fraction of sp³-hybridized carbons (Fsp3) is 0.333. The van der Waals surface area contributed by atoms with Crippen LogP contribution in [0.4, 0.5) is 11.5 Å². The van der Waals surface area contributed by atoms with Crippen LogP contribution < -0.4 is 10.6 Å². The summed E-state index contributed by atoms with van der Waals surface area (Å²) in [5.74, 6) is 1.70. The topological polar surface area (TPSA) is 72.4 Å². The Bertz CT molecular complexity index is 1210.